The van der Waals surface area contributed by atoms with Gasteiger partial charge in [0, 0.05) is 11.9 Å². The lowest BCUT2D eigenvalue weighted by Gasteiger charge is -2.14. The van der Waals surface area contributed by atoms with Crippen LogP contribution in [0.2, 0.25) is 0 Å². The Labute approximate surface area is 84.6 Å². The summed E-state index contributed by atoms with van der Waals surface area (Å²) in [5.41, 5.74) is 0. The predicted octanol–water partition coefficient (Wildman–Crippen LogP) is 2.89. The van der Waals surface area contributed by atoms with Crippen molar-refractivity contribution in [3.05, 3.63) is 0 Å². The number of likely N-dealkylation sites (tertiary alicyclic amines) is 1. The topological polar surface area (TPSA) is 3.24 Å². The molecule has 0 aliphatic carbocycles. The van der Waals surface area contributed by atoms with Crippen LogP contribution in [0.5, 0.6) is 0 Å². The summed E-state index contributed by atoms with van der Waals surface area (Å²) in [5.74, 6) is 0.994. The quantitative estimate of drug-likeness (QED) is 0.522. The van der Waals surface area contributed by atoms with Crippen molar-refractivity contribution in [2.75, 3.05) is 25.0 Å². The number of unbranched alkanes of at least 4 members (excludes halogenated alkanes) is 1. The van der Waals surface area contributed by atoms with E-state index in [1.54, 1.807) is 0 Å². The van der Waals surface area contributed by atoms with Crippen molar-refractivity contribution in [3.8, 4) is 0 Å². The number of hydrogen-bond acceptors (Lipinski definition) is 1. The van der Waals surface area contributed by atoms with Gasteiger partial charge < -0.3 is 4.90 Å². The molecule has 1 fully saturated rings. The Hall–Kier alpha value is 0.440. The van der Waals surface area contributed by atoms with Gasteiger partial charge in [-0.05, 0) is 38.3 Å². The average molecular weight is 234 g/mol. The fraction of sp³-hybridized carbons (Fsp3) is 1.00. The molecule has 0 N–H and O–H groups in total. The van der Waals surface area contributed by atoms with Gasteiger partial charge in [-0.15, -0.1) is 0 Å². The molecule has 1 saturated heterocycles. The lowest BCUT2D eigenvalue weighted by Crippen LogP contribution is -2.21. The van der Waals surface area contributed by atoms with E-state index in [9.17, 15) is 0 Å². The van der Waals surface area contributed by atoms with Crippen LogP contribution in [0.15, 0.2) is 0 Å². The van der Waals surface area contributed by atoms with Crippen LogP contribution in [0.4, 0.5) is 0 Å². The standard InChI is InChI=1S/C10H20BrN/c1-2-10-5-8-12(9-10)7-4-3-6-11/h10H,2-9H2,1H3. The van der Waals surface area contributed by atoms with E-state index in [-0.39, 0.29) is 0 Å². The molecule has 2 heteroatoms. The molecule has 12 heavy (non-hydrogen) atoms. The summed E-state index contributed by atoms with van der Waals surface area (Å²) in [6, 6.07) is 0. The SMILES string of the molecule is CCC1CCN(CCCCBr)C1. The Morgan fingerprint density at radius 3 is 2.83 bits per heavy atom. The molecule has 1 nitrogen and oxygen atoms in total. The highest BCUT2D eigenvalue weighted by atomic mass is 79.9. The van der Waals surface area contributed by atoms with E-state index in [1.165, 1.54) is 45.3 Å². The summed E-state index contributed by atoms with van der Waals surface area (Å²) in [7, 11) is 0. The number of nitrogens with zero attached hydrogens (tertiary/aromatic N) is 1. The largest absolute Gasteiger partial charge is 0.303 e. The van der Waals surface area contributed by atoms with Gasteiger partial charge >= 0.3 is 0 Å². The maximum Gasteiger partial charge on any atom is 0.00317 e. The minimum Gasteiger partial charge on any atom is -0.303 e. The van der Waals surface area contributed by atoms with Crippen molar-refractivity contribution in [2.24, 2.45) is 5.92 Å². The second-order valence-electron chi connectivity index (χ2n) is 3.76. The zero-order valence-electron chi connectivity index (χ0n) is 8.06. The van der Waals surface area contributed by atoms with Crippen molar-refractivity contribution >= 4 is 15.9 Å². The van der Waals surface area contributed by atoms with E-state index in [0.29, 0.717) is 0 Å². The van der Waals surface area contributed by atoms with E-state index in [4.69, 9.17) is 0 Å². The highest BCUT2D eigenvalue weighted by Crippen LogP contribution is 2.19. The van der Waals surface area contributed by atoms with E-state index >= 15 is 0 Å². The van der Waals surface area contributed by atoms with Gasteiger partial charge in [0.25, 0.3) is 0 Å². The van der Waals surface area contributed by atoms with Crippen molar-refractivity contribution in [1.82, 2.24) is 4.90 Å². The van der Waals surface area contributed by atoms with Crippen LogP contribution < -0.4 is 0 Å². The van der Waals surface area contributed by atoms with Crippen LogP contribution in [0.25, 0.3) is 0 Å². The summed E-state index contributed by atoms with van der Waals surface area (Å²) in [6.07, 6.45) is 5.49. The summed E-state index contributed by atoms with van der Waals surface area (Å²) in [5, 5.41) is 1.16. The first-order valence-corrected chi connectivity index (χ1v) is 6.27. The molecule has 1 rings (SSSR count). The summed E-state index contributed by atoms with van der Waals surface area (Å²) in [4.78, 5) is 2.62. The van der Waals surface area contributed by atoms with Gasteiger partial charge in [0.05, 0.1) is 0 Å². The predicted molar refractivity (Wildman–Crippen MR) is 57.9 cm³/mol. The van der Waals surface area contributed by atoms with Crippen molar-refractivity contribution in [2.45, 2.75) is 32.6 Å². The monoisotopic (exact) mass is 233 g/mol. The van der Waals surface area contributed by atoms with Crippen LogP contribution in [0.3, 0.4) is 0 Å². The molecule has 1 aliphatic heterocycles. The Morgan fingerprint density at radius 2 is 2.25 bits per heavy atom. The van der Waals surface area contributed by atoms with E-state index in [2.05, 4.69) is 27.8 Å². The highest BCUT2D eigenvalue weighted by Gasteiger charge is 2.19. The molecule has 0 spiro atoms. The molecule has 72 valence electrons. The first kappa shape index (κ1) is 10.5. The van der Waals surface area contributed by atoms with Gasteiger partial charge in [0.15, 0.2) is 0 Å². The average Bonchev–Trinajstić information content (AvgIpc) is 2.53. The molecular weight excluding hydrogens is 214 g/mol. The molecule has 0 bridgehead atoms. The fourth-order valence-electron chi connectivity index (χ4n) is 1.88. The molecule has 1 aliphatic rings. The van der Waals surface area contributed by atoms with Gasteiger partial charge in [-0.25, -0.2) is 0 Å². The van der Waals surface area contributed by atoms with Gasteiger partial charge in [-0.1, -0.05) is 29.3 Å². The number of alkyl halides is 1. The van der Waals surface area contributed by atoms with Gasteiger partial charge in [0.1, 0.15) is 0 Å². The Bertz CT molecular complexity index is 116. The lowest BCUT2D eigenvalue weighted by molar-refractivity contribution is 0.317. The summed E-state index contributed by atoms with van der Waals surface area (Å²) >= 11 is 3.47. The molecule has 0 aromatic carbocycles. The number of halogens is 1. The molecule has 0 radical (unpaired) electrons. The van der Waals surface area contributed by atoms with Crippen LogP contribution in [-0.4, -0.2) is 29.9 Å². The fourth-order valence-corrected chi connectivity index (χ4v) is 2.28. The van der Waals surface area contributed by atoms with Crippen molar-refractivity contribution in [3.63, 3.8) is 0 Å². The van der Waals surface area contributed by atoms with E-state index < -0.39 is 0 Å². The number of hydrogen-bond donors (Lipinski definition) is 0. The maximum atomic E-state index is 3.47. The lowest BCUT2D eigenvalue weighted by atomic mass is 10.1. The van der Waals surface area contributed by atoms with Crippen molar-refractivity contribution < 1.29 is 0 Å². The zero-order chi connectivity index (χ0) is 8.81. The third-order valence-corrected chi connectivity index (χ3v) is 3.37. The second kappa shape index (κ2) is 5.98. The smallest absolute Gasteiger partial charge is 0.00317 e. The Kier molecular flexibility index (Phi) is 5.24. The Balaban J connectivity index is 2.03. The first-order chi connectivity index (χ1) is 5.86. The first-order valence-electron chi connectivity index (χ1n) is 5.15. The van der Waals surface area contributed by atoms with E-state index in [0.717, 1.165) is 11.2 Å². The van der Waals surface area contributed by atoms with Gasteiger partial charge in [-0.3, -0.25) is 0 Å². The van der Waals surface area contributed by atoms with Crippen LogP contribution in [0.1, 0.15) is 32.6 Å². The summed E-state index contributed by atoms with van der Waals surface area (Å²) < 4.78 is 0. The molecule has 1 atom stereocenters. The van der Waals surface area contributed by atoms with Gasteiger partial charge in [0.2, 0.25) is 0 Å². The van der Waals surface area contributed by atoms with Gasteiger partial charge in [-0.2, -0.15) is 0 Å². The minimum atomic E-state index is 0.994. The molecular formula is C10H20BrN. The molecule has 0 amide bonds. The third kappa shape index (κ3) is 3.44. The highest BCUT2D eigenvalue weighted by molar-refractivity contribution is 9.09. The molecule has 0 saturated carbocycles. The zero-order valence-corrected chi connectivity index (χ0v) is 9.65. The Morgan fingerprint density at radius 1 is 1.42 bits per heavy atom. The maximum absolute atomic E-state index is 3.47. The second-order valence-corrected chi connectivity index (χ2v) is 4.55. The molecule has 0 aromatic rings. The normalized spacial score (nSPS) is 25.0. The minimum absolute atomic E-state index is 0.994. The molecule has 0 aromatic heterocycles. The molecule has 1 unspecified atom stereocenters. The summed E-state index contributed by atoms with van der Waals surface area (Å²) in [6.45, 7) is 6.34. The third-order valence-electron chi connectivity index (χ3n) is 2.81. The number of rotatable bonds is 5. The van der Waals surface area contributed by atoms with Crippen LogP contribution in [0, 0.1) is 5.92 Å². The van der Waals surface area contributed by atoms with E-state index in [1.807, 2.05) is 0 Å². The van der Waals surface area contributed by atoms with Crippen LogP contribution in [-0.2, 0) is 0 Å². The van der Waals surface area contributed by atoms with Crippen LogP contribution >= 0.6 is 15.9 Å². The van der Waals surface area contributed by atoms with Crippen molar-refractivity contribution in [1.29, 1.82) is 0 Å². The molecule has 1 heterocycles.